The standard InChI is InChI=1S/C23H28N2O6/c1-17(9-5-8-14-21(27)25-29)22(19-12-6-7-13-20(19)30-16-15-26)31-23(28)24-18-10-3-2-4-11-18/h2-4,6-8,10-14,17,22,26,29H,5,9,15-16H2,1H3,(H,24,28)(H,25,27)/b14-8+/t17-,22+/m0/s1. The number of allylic oxidation sites excluding steroid dienone is 1. The van der Waals surface area contributed by atoms with Crippen LogP contribution in [0.1, 0.15) is 31.4 Å². The van der Waals surface area contributed by atoms with Crippen LogP contribution in [0.25, 0.3) is 0 Å². The summed E-state index contributed by atoms with van der Waals surface area (Å²) >= 11 is 0. The lowest BCUT2D eigenvalue weighted by Crippen LogP contribution is -2.22. The number of nitrogens with one attached hydrogen (secondary N) is 2. The fourth-order valence-electron chi connectivity index (χ4n) is 3.01. The second-order valence-corrected chi connectivity index (χ2v) is 6.86. The number of anilines is 1. The SMILES string of the molecule is C[C@@H](CC/C=C/C(=O)NO)[C@@H](OC(=O)Nc1ccccc1)c1ccccc1OCCO. The van der Waals surface area contributed by atoms with Gasteiger partial charge in [-0.05, 0) is 37.0 Å². The number of aliphatic hydroxyl groups is 1. The van der Waals surface area contributed by atoms with Gasteiger partial charge in [-0.3, -0.25) is 15.3 Å². The summed E-state index contributed by atoms with van der Waals surface area (Å²) < 4.78 is 11.4. The Hall–Kier alpha value is -3.36. The molecule has 2 amide bonds. The van der Waals surface area contributed by atoms with Crippen molar-refractivity contribution in [2.75, 3.05) is 18.5 Å². The molecule has 166 valence electrons. The van der Waals surface area contributed by atoms with Gasteiger partial charge in [0.1, 0.15) is 18.5 Å². The second-order valence-electron chi connectivity index (χ2n) is 6.86. The molecule has 0 aliphatic rings. The second kappa shape index (κ2) is 13.0. The van der Waals surface area contributed by atoms with Crippen molar-refractivity contribution in [2.45, 2.75) is 25.9 Å². The van der Waals surface area contributed by atoms with Crippen LogP contribution in [0.5, 0.6) is 5.75 Å². The van der Waals surface area contributed by atoms with Crippen molar-refractivity contribution in [3.8, 4) is 5.75 Å². The summed E-state index contributed by atoms with van der Waals surface area (Å²) in [6.07, 6.45) is 2.79. The number of hydroxylamine groups is 1. The lowest BCUT2D eigenvalue weighted by Gasteiger charge is -2.26. The number of carbonyl (C=O) groups is 2. The maximum atomic E-state index is 12.6. The number of para-hydroxylation sites is 2. The quantitative estimate of drug-likeness (QED) is 0.246. The first kappa shape index (κ1) is 23.9. The van der Waals surface area contributed by atoms with E-state index in [0.717, 1.165) is 0 Å². The molecule has 8 nitrogen and oxygen atoms in total. The molecule has 0 saturated heterocycles. The Bertz CT molecular complexity index is 856. The van der Waals surface area contributed by atoms with Crippen molar-refractivity contribution in [3.63, 3.8) is 0 Å². The van der Waals surface area contributed by atoms with Gasteiger partial charge in [0.25, 0.3) is 5.91 Å². The molecule has 0 fully saturated rings. The first-order chi connectivity index (χ1) is 15.0. The van der Waals surface area contributed by atoms with Crippen molar-refractivity contribution in [3.05, 3.63) is 72.3 Å². The van der Waals surface area contributed by atoms with Crippen LogP contribution >= 0.6 is 0 Å². The van der Waals surface area contributed by atoms with Gasteiger partial charge < -0.3 is 14.6 Å². The average Bonchev–Trinajstić information content (AvgIpc) is 2.79. The van der Waals surface area contributed by atoms with Crippen LogP contribution in [0.3, 0.4) is 0 Å². The molecular weight excluding hydrogens is 400 g/mol. The van der Waals surface area contributed by atoms with E-state index in [1.54, 1.807) is 30.3 Å². The third kappa shape index (κ3) is 8.12. The molecule has 2 rings (SSSR count). The average molecular weight is 428 g/mol. The Morgan fingerprint density at radius 2 is 1.81 bits per heavy atom. The highest BCUT2D eigenvalue weighted by Gasteiger charge is 2.26. The fraction of sp³-hybridized carbons (Fsp3) is 0.304. The number of carbonyl (C=O) groups excluding carboxylic acids is 2. The van der Waals surface area contributed by atoms with E-state index < -0.39 is 18.1 Å². The minimum absolute atomic E-state index is 0.118. The Morgan fingerprint density at radius 1 is 1.10 bits per heavy atom. The zero-order valence-electron chi connectivity index (χ0n) is 17.4. The number of hydrogen-bond donors (Lipinski definition) is 4. The smallest absolute Gasteiger partial charge is 0.412 e. The summed E-state index contributed by atoms with van der Waals surface area (Å²) in [7, 11) is 0. The third-order valence-electron chi connectivity index (χ3n) is 4.51. The zero-order valence-corrected chi connectivity index (χ0v) is 17.4. The van der Waals surface area contributed by atoms with Crippen molar-refractivity contribution < 1.29 is 29.4 Å². The summed E-state index contributed by atoms with van der Waals surface area (Å²) in [4.78, 5) is 23.7. The highest BCUT2D eigenvalue weighted by atomic mass is 16.6. The molecule has 2 atom stereocenters. The summed E-state index contributed by atoms with van der Waals surface area (Å²) in [6.45, 7) is 1.91. The van der Waals surface area contributed by atoms with Gasteiger partial charge in [0.2, 0.25) is 0 Å². The Kier molecular flexibility index (Phi) is 10.1. The summed E-state index contributed by atoms with van der Waals surface area (Å²) in [5.41, 5.74) is 2.83. The fourth-order valence-corrected chi connectivity index (χ4v) is 3.01. The minimum Gasteiger partial charge on any atom is -0.491 e. The molecule has 0 aliphatic carbocycles. The molecule has 2 aromatic carbocycles. The highest BCUT2D eigenvalue weighted by Crippen LogP contribution is 2.35. The summed E-state index contributed by atoms with van der Waals surface area (Å²) in [5.74, 6) is -0.205. The normalized spacial score (nSPS) is 12.7. The molecule has 0 saturated carbocycles. The number of benzene rings is 2. The highest BCUT2D eigenvalue weighted by molar-refractivity contribution is 5.86. The van der Waals surface area contributed by atoms with Crippen LogP contribution in [0, 0.1) is 5.92 Å². The van der Waals surface area contributed by atoms with Crippen molar-refractivity contribution in [1.82, 2.24) is 5.48 Å². The number of amides is 2. The number of hydrogen-bond acceptors (Lipinski definition) is 6. The number of ether oxygens (including phenoxy) is 2. The molecular formula is C23H28N2O6. The van der Waals surface area contributed by atoms with E-state index in [-0.39, 0.29) is 19.1 Å². The molecule has 0 spiro atoms. The van der Waals surface area contributed by atoms with Crippen molar-refractivity contribution in [1.29, 1.82) is 0 Å². The summed E-state index contributed by atoms with van der Waals surface area (Å²) in [6, 6.07) is 16.2. The van der Waals surface area contributed by atoms with E-state index in [2.05, 4.69) is 5.32 Å². The van der Waals surface area contributed by atoms with Crippen molar-refractivity contribution in [2.24, 2.45) is 5.92 Å². The minimum atomic E-state index is -0.626. The van der Waals surface area contributed by atoms with Gasteiger partial charge in [0.05, 0.1) is 6.61 Å². The first-order valence-electron chi connectivity index (χ1n) is 10.0. The Labute approximate surface area is 181 Å². The Balaban J connectivity index is 2.17. The number of aliphatic hydroxyl groups excluding tert-OH is 1. The predicted octanol–water partition coefficient (Wildman–Crippen LogP) is 3.83. The molecule has 0 aromatic heterocycles. The molecule has 0 heterocycles. The molecule has 31 heavy (non-hydrogen) atoms. The van der Waals surface area contributed by atoms with E-state index >= 15 is 0 Å². The molecule has 0 bridgehead atoms. The van der Waals surface area contributed by atoms with Gasteiger partial charge in [0, 0.05) is 17.3 Å². The van der Waals surface area contributed by atoms with Crippen LogP contribution in [0.4, 0.5) is 10.5 Å². The molecule has 0 radical (unpaired) electrons. The van der Waals surface area contributed by atoms with Crippen LogP contribution in [0.15, 0.2) is 66.7 Å². The number of rotatable bonds is 11. The molecule has 0 aliphatic heterocycles. The lowest BCUT2D eigenvalue weighted by atomic mass is 9.92. The van der Waals surface area contributed by atoms with E-state index in [9.17, 15) is 9.59 Å². The van der Waals surface area contributed by atoms with Crippen LogP contribution in [0.2, 0.25) is 0 Å². The lowest BCUT2D eigenvalue weighted by molar-refractivity contribution is -0.124. The van der Waals surface area contributed by atoms with Crippen LogP contribution in [-0.2, 0) is 9.53 Å². The largest absolute Gasteiger partial charge is 0.491 e. The molecule has 4 N–H and O–H groups in total. The van der Waals surface area contributed by atoms with E-state index in [1.807, 2.05) is 37.3 Å². The van der Waals surface area contributed by atoms with Crippen LogP contribution < -0.4 is 15.5 Å². The third-order valence-corrected chi connectivity index (χ3v) is 4.51. The molecule has 8 heteroatoms. The molecule has 0 unspecified atom stereocenters. The van der Waals surface area contributed by atoms with Gasteiger partial charge in [-0.1, -0.05) is 49.4 Å². The molecule has 2 aromatic rings. The maximum absolute atomic E-state index is 12.6. The zero-order chi connectivity index (χ0) is 22.5. The van der Waals surface area contributed by atoms with Gasteiger partial charge in [0.15, 0.2) is 0 Å². The van der Waals surface area contributed by atoms with Gasteiger partial charge in [-0.2, -0.15) is 0 Å². The van der Waals surface area contributed by atoms with Gasteiger partial charge in [-0.15, -0.1) is 0 Å². The van der Waals surface area contributed by atoms with Gasteiger partial charge >= 0.3 is 6.09 Å². The topological polar surface area (TPSA) is 117 Å². The van der Waals surface area contributed by atoms with Gasteiger partial charge in [-0.25, -0.2) is 10.3 Å². The maximum Gasteiger partial charge on any atom is 0.412 e. The van der Waals surface area contributed by atoms with E-state index in [4.69, 9.17) is 19.8 Å². The summed E-state index contributed by atoms with van der Waals surface area (Å²) in [5, 5.41) is 20.4. The van der Waals surface area contributed by atoms with Crippen molar-refractivity contribution >= 4 is 17.7 Å². The van der Waals surface area contributed by atoms with E-state index in [0.29, 0.717) is 29.8 Å². The Morgan fingerprint density at radius 3 is 2.52 bits per heavy atom. The first-order valence-corrected chi connectivity index (χ1v) is 10.0. The van der Waals surface area contributed by atoms with E-state index in [1.165, 1.54) is 11.6 Å². The van der Waals surface area contributed by atoms with Crippen LogP contribution in [-0.4, -0.2) is 35.5 Å². The monoisotopic (exact) mass is 428 g/mol. The predicted molar refractivity (Wildman–Crippen MR) is 116 cm³/mol.